The molecular formula is C13H14N2O3. The lowest BCUT2D eigenvalue weighted by atomic mass is 10.1. The van der Waals surface area contributed by atoms with Crippen molar-refractivity contribution in [3.63, 3.8) is 0 Å². The van der Waals surface area contributed by atoms with Crippen molar-refractivity contribution in [2.45, 2.75) is 13.3 Å². The van der Waals surface area contributed by atoms with E-state index >= 15 is 0 Å². The Hall–Kier alpha value is -2.17. The van der Waals surface area contributed by atoms with Gasteiger partial charge in [0.2, 0.25) is 5.88 Å². The molecule has 1 aromatic carbocycles. The highest BCUT2D eigenvalue weighted by Crippen LogP contribution is 2.35. The maximum atomic E-state index is 5.66. The SMILES string of the molecule is Cc1c(-c2ccc3c(c2)OCCCO3)noc1N. The van der Waals surface area contributed by atoms with Crippen LogP contribution < -0.4 is 15.2 Å². The number of nitrogens with two attached hydrogens (primary N) is 1. The fourth-order valence-corrected chi connectivity index (χ4v) is 1.93. The van der Waals surface area contributed by atoms with E-state index in [-0.39, 0.29) is 0 Å². The van der Waals surface area contributed by atoms with E-state index in [0.29, 0.717) is 19.1 Å². The molecule has 2 aromatic rings. The smallest absolute Gasteiger partial charge is 0.225 e. The standard InChI is InChI=1S/C13H14N2O3/c1-8-12(15-18-13(8)14)9-3-4-10-11(7-9)17-6-2-5-16-10/h3-4,7H,2,5-6,14H2,1H3. The van der Waals surface area contributed by atoms with Crippen molar-refractivity contribution in [3.05, 3.63) is 23.8 Å². The van der Waals surface area contributed by atoms with Crippen LogP contribution in [0.2, 0.25) is 0 Å². The summed E-state index contributed by atoms with van der Waals surface area (Å²) in [5.41, 5.74) is 8.15. The first-order valence-electron chi connectivity index (χ1n) is 5.87. The van der Waals surface area contributed by atoms with Crippen molar-refractivity contribution in [2.75, 3.05) is 18.9 Å². The van der Waals surface area contributed by atoms with Crippen LogP contribution in [0.1, 0.15) is 12.0 Å². The number of rotatable bonds is 1. The molecule has 0 spiro atoms. The van der Waals surface area contributed by atoms with Crippen molar-refractivity contribution in [3.8, 4) is 22.8 Å². The Labute approximate surface area is 104 Å². The summed E-state index contributed by atoms with van der Waals surface area (Å²) in [6.45, 7) is 3.23. The topological polar surface area (TPSA) is 70.5 Å². The minimum atomic E-state index is 0.345. The molecule has 3 rings (SSSR count). The maximum Gasteiger partial charge on any atom is 0.225 e. The van der Waals surface area contributed by atoms with E-state index in [1.165, 1.54) is 0 Å². The zero-order chi connectivity index (χ0) is 12.5. The summed E-state index contributed by atoms with van der Waals surface area (Å²) < 4.78 is 16.2. The third kappa shape index (κ3) is 1.77. The number of anilines is 1. The molecule has 0 unspecified atom stereocenters. The third-order valence-corrected chi connectivity index (χ3v) is 2.98. The molecule has 0 bridgehead atoms. The number of nitrogens with zero attached hydrogens (tertiary/aromatic N) is 1. The molecule has 0 atom stereocenters. The second-order valence-corrected chi connectivity index (χ2v) is 4.23. The number of benzene rings is 1. The Morgan fingerprint density at radius 3 is 2.67 bits per heavy atom. The van der Waals surface area contributed by atoms with Crippen molar-refractivity contribution in [1.29, 1.82) is 0 Å². The highest BCUT2D eigenvalue weighted by Gasteiger charge is 2.15. The van der Waals surface area contributed by atoms with Gasteiger partial charge in [-0.15, -0.1) is 0 Å². The number of fused-ring (bicyclic) bond motifs is 1. The van der Waals surface area contributed by atoms with Crippen molar-refractivity contribution in [1.82, 2.24) is 5.16 Å². The van der Waals surface area contributed by atoms with Gasteiger partial charge in [0.15, 0.2) is 11.5 Å². The first-order valence-corrected chi connectivity index (χ1v) is 5.87. The molecule has 1 aliphatic heterocycles. The van der Waals surface area contributed by atoms with Gasteiger partial charge in [0.1, 0.15) is 5.69 Å². The molecule has 5 nitrogen and oxygen atoms in total. The average Bonchev–Trinajstić information content (AvgIpc) is 2.61. The summed E-state index contributed by atoms with van der Waals surface area (Å²) in [5, 5.41) is 3.96. The van der Waals surface area contributed by atoms with Gasteiger partial charge < -0.3 is 19.7 Å². The highest BCUT2D eigenvalue weighted by atomic mass is 16.5. The lowest BCUT2D eigenvalue weighted by Gasteiger charge is -2.08. The largest absolute Gasteiger partial charge is 0.490 e. The summed E-state index contributed by atoms with van der Waals surface area (Å²) in [4.78, 5) is 0. The molecule has 2 heterocycles. The summed E-state index contributed by atoms with van der Waals surface area (Å²) in [7, 11) is 0. The van der Waals surface area contributed by atoms with Crippen LogP contribution in [0.3, 0.4) is 0 Å². The van der Waals surface area contributed by atoms with Gasteiger partial charge in [-0.3, -0.25) is 0 Å². The van der Waals surface area contributed by atoms with Crippen LogP contribution in [0.5, 0.6) is 11.5 Å². The highest BCUT2D eigenvalue weighted by molar-refractivity contribution is 5.69. The van der Waals surface area contributed by atoms with Gasteiger partial charge >= 0.3 is 0 Å². The van der Waals surface area contributed by atoms with Crippen LogP contribution in [0, 0.1) is 6.92 Å². The van der Waals surface area contributed by atoms with Gasteiger partial charge in [-0.2, -0.15) is 0 Å². The molecule has 0 radical (unpaired) electrons. The maximum absolute atomic E-state index is 5.66. The average molecular weight is 246 g/mol. The Morgan fingerprint density at radius 2 is 1.94 bits per heavy atom. The molecule has 1 aliphatic rings. The molecule has 18 heavy (non-hydrogen) atoms. The number of hydrogen-bond donors (Lipinski definition) is 1. The minimum absolute atomic E-state index is 0.345. The van der Waals surface area contributed by atoms with Crippen LogP contribution in [0.4, 0.5) is 5.88 Å². The molecule has 0 saturated carbocycles. The molecule has 0 fully saturated rings. The lowest BCUT2D eigenvalue weighted by Crippen LogP contribution is -1.97. The summed E-state index contributed by atoms with van der Waals surface area (Å²) in [6.07, 6.45) is 0.889. The minimum Gasteiger partial charge on any atom is -0.490 e. The molecule has 94 valence electrons. The summed E-state index contributed by atoms with van der Waals surface area (Å²) in [6, 6.07) is 5.73. The van der Waals surface area contributed by atoms with E-state index in [2.05, 4.69) is 5.16 Å². The number of aromatic nitrogens is 1. The first-order chi connectivity index (χ1) is 8.75. The van der Waals surface area contributed by atoms with Gasteiger partial charge in [0.25, 0.3) is 0 Å². The zero-order valence-corrected chi connectivity index (χ0v) is 10.1. The second kappa shape index (κ2) is 4.25. The van der Waals surface area contributed by atoms with Crippen LogP contribution in [0.15, 0.2) is 22.7 Å². The van der Waals surface area contributed by atoms with Gasteiger partial charge in [-0.25, -0.2) is 0 Å². The van der Waals surface area contributed by atoms with E-state index in [4.69, 9.17) is 19.7 Å². The quantitative estimate of drug-likeness (QED) is 0.836. The van der Waals surface area contributed by atoms with Crippen LogP contribution in [-0.4, -0.2) is 18.4 Å². The number of hydrogen-bond acceptors (Lipinski definition) is 5. The molecular weight excluding hydrogens is 232 g/mol. The summed E-state index contributed by atoms with van der Waals surface area (Å²) in [5.74, 6) is 1.86. The Bertz CT molecular complexity index is 578. The second-order valence-electron chi connectivity index (χ2n) is 4.23. The third-order valence-electron chi connectivity index (χ3n) is 2.98. The van der Waals surface area contributed by atoms with Crippen molar-refractivity contribution < 1.29 is 14.0 Å². The molecule has 0 aliphatic carbocycles. The van der Waals surface area contributed by atoms with Gasteiger partial charge in [0.05, 0.1) is 13.2 Å². The van der Waals surface area contributed by atoms with Crippen molar-refractivity contribution >= 4 is 5.88 Å². The molecule has 0 saturated heterocycles. The van der Waals surface area contributed by atoms with Crippen LogP contribution in [0.25, 0.3) is 11.3 Å². The predicted octanol–water partition coefficient (Wildman–Crippen LogP) is 2.39. The van der Waals surface area contributed by atoms with Gasteiger partial charge in [-0.1, -0.05) is 5.16 Å². The Morgan fingerprint density at radius 1 is 1.17 bits per heavy atom. The van der Waals surface area contributed by atoms with Crippen molar-refractivity contribution in [2.24, 2.45) is 0 Å². The Kier molecular flexibility index (Phi) is 2.59. The summed E-state index contributed by atoms with van der Waals surface area (Å²) >= 11 is 0. The molecule has 5 heteroatoms. The van der Waals surface area contributed by atoms with Gasteiger partial charge in [-0.05, 0) is 25.1 Å². The zero-order valence-electron chi connectivity index (χ0n) is 10.1. The monoisotopic (exact) mass is 246 g/mol. The van der Waals surface area contributed by atoms with E-state index in [9.17, 15) is 0 Å². The van der Waals surface area contributed by atoms with E-state index in [1.54, 1.807) is 0 Å². The van der Waals surface area contributed by atoms with Crippen LogP contribution >= 0.6 is 0 Å². The lowest BCUT2D eigenvalue weighted by molar-refractivity contribution is 0.297. The molecule has 1 aromatic heterocycles. The fourth-order valence-electron chi connectivity index (χ4n) is 1.93. The first kappa shape index (κ1) is 11.0. The predicted molar refractivity (Wildman–Crippen MR) is 66.7 cm³/mol. The van der Waals surface area contributed by atoms with E-state index in [0.717, 1.165) is 34.7 Å². The number of ether oxygens (including phenoxy) is 2. The fraction of sp³-hybridized carbons (Fsp3) is 0.308. The molecule has 2 N–H and O–H groups in total. The van der Waals surface area contributed by atoms with E-state index in [1.807, 2.05) is 25.1 Å². The van der Waals surface area contributed by atoms with E-state index < -0.39 is 0 Å². The normalized spacial score (nSPS) is 14.3. The number of nitrogen functional groups attached to an aromatic ring is 1. The van der Waals surface area contributed by atoms with Crippen LogP contribution in [-0.2, 0) is 0 Å². The van der Waals surface area contributed by atoms with Gasteiger partial charge in [0, 0.05) is 17.5 Å². The molecule has 0 amide bonds. The Balaban J connectivity index is 2.04.